The highest BCUT2D eigenvalue weighted by atomic mass is 35.5. The van der Waals surface area contributed by atoms with Gasteiger partial charge in [-0.1, -0.05) is 35.9 Å². The fourth-order valence-electron chi connectivity index (χ4n) is 2.94. The minimum atomic E-state index is -3.55. The number of hydrogen-bond acceptors (Lipinski definition) is 3. The summed E-state index contributed by atoms with van der Waals surface area (Å²) in [6, 6.07) is 12.3. The van der Waals surface area contributed by atoms with Crippen LogP contribution in [0, 0.1) is 12.8 Å². The van der Waals surface area contributed by atoms with E-state index in [1.807, 2.05) is 31.2 Å². The Balaban J connectivity index is 1.78. The number of amides is 1. The molecular formula is C19H21ClN2O3S. The number of hydrogen-bond donors (Lipinski definition) is 1. The first kappa shape index (κ1) is 18.9. The van der Waals surface area contributed by atoms with Crippen molar-refractivity contribution in [2.45, 2.75) is 24.2 Å². The van der Waals surface area contributed by atoms with Crippen molar-refractivity contribution in [1.29, 1.82) is 0 Å². The van der Waals surface area contributed by atoms with Crippen LogP contribution in [0.1, 0.15) is 23.5 Å². The second kappa shape index (κ2) is 7.02. The summed E-state index contributed by atoms with van der Waals surface area (Å²) < 4.78 is 25.8. The standard InChI is InChI=1S/C19H21ClN2O3S/c1-12-8-9-13(26(24,25)22(2)3)10-18(12)21-19(23)16-11-15(16)14-6-4-5-7-17(14)20/h4-10,15-16H,11H2,1-3H3,(H,21,23). The monoisotopic (exact) mass is 392 g/mol. The van der Waals surface area contributed by atoms with Crippen LogP contribution in [0.3, 0.4) is 0 Å². The van der Waals surface area contributed by atoms with Crippen molar-refractivity contribution >= 4 is 33.2 Å². The minimum Gasteiger partial charge on any atom is -0.326 e. The largest absolute Gasteiger partial charge is 0.326 e. The second-order valence-corrected chi connectivity index (χ2v) is 9.28. The molecule has 2 aromatic carbocycles. The maximum atomic E-state index is 12.6. The van der Waals surface area contributed by atoms with E-state index in [2.05, 4.69) is 5.32 Å². The van der Waals surface area contributed by atoms with E-state index in [0.29, 0.717) is 10.7 Å². The first-order valence-electron chi connectivity index (χ1n) is 8.30. The van der Waals surface area contributed by atoms with Gasteiger partial charge in [0.05, 0.1) is 4.90 Å². The van der Waals surface area contributed by atoms with Crippen molar-refractivity contribution in [1.82, 2.24) is 4.31 Å². The summed E-state index contributed by atoms with van der Waals surface area (Å²) in [4.78, 5) is 12.8. The van der Waals surface area contributed by atoms with Gasteiger partial charge in [0, 0.05) is 30.7 Å². The third kappa shape index (κ3) is 3.63. The molecule has 26 heavy (non-hydrogen) atoms. The van der Waals surface area contributed by atoms with Crippen LogP contribution in [0.25, 0.3) is 0 Å². The third-order valence-corrected chi connectivity index (χ3v) is 6.83. The quantitative estimate of drug-likeness (QED) is 0.844. The smallest absolute Gasteiger partial charge is 0.242 e. The molecule has 0 saturated heterocycles. The minimum absolute atomic E-state index is 0.109. The van der Waals surface area contributed by atoms with Crippen LogP contribution >= 0.6 is 11.6 Å². The van der Waals surface area contributed by atoms with E-state index in [-0.39, 0.29) is 22.6 Å². The maximum absolute atomic E-state index is 12.6. The van der Waals surface area contributed by atoms with Crippen molar-refractivity contribution < 1.29 is 13.2 Å². The number of carbonyl (C=O) groups is 1. The summed E-state index contributed by atoms with van der Waals surface area (Å²) in [5.41, 5.74) is 2.31. The number of carbonyl (C=O) groups excluding carboxylic acids is 1. The van der Waals surface area contributed by atoms with Gasteiger partial charge in [-0.2, -0.15) is 0 Å². The lowest BCUT2D eigenvalue weighted by molar-refractivity contribution is -0.117. The number of anilines is 1. The fourth-order valence-corrected chi connectivity index (χ4v) is 4.14. The zero-order valence-corrected chi connectivity index (χ0v) is 16.4. The van der Waals surface area contributed by atoms with Gasteiger partial charge in [-0.3, -0.25) is 4.79 Å². The predicted octanol–water partition coefficient (Wildman–Crippen LogP) is 3.64. The lowest BCUT2D eigenvalue weighted by Crippen LogP contribution is -2.22. The van der Waals surface area contributed by atoms with E-state index in [1.54, 1.807) is 12.1 Å². The number of halogens is 1. The van der Waals surface area contributed by atoms with Gasteiger partial charge in [0.1, 0.15) is 0 Å². The third-order valence-electron chi connectivity index (χ3n) is 4.68. The molecule has 2 atom stereocenters. The molecule has 1 aliphatic rings. The number of nitrogens with zero attached hydrogens (tertiary/aromatic N) is 1. The average molecular weight is 393 g/mol. The summed E-state index contributed by atoms with van der Waals surface area (Å²) >= 11 is 6.21. The van der Waals surface area contributed by atoms with Crippen LogP contribution in [-0.2, 0) is 14.8 Å². The van der Waals surface area contributed by atoms with Gasteiger partial charge in [0.2, 0.25) is 15.9 Å². The van der Waals surface area contributed by atoms with Crippen LogP contribution in [0.2, 0.25) is 5.02 Å². The van der Waals surface area contributed by atoms with Gasteiger partial charge in [-0.25, -0.2) is 12.7 Å². The topological polar surface area (TPSA) is 66.5 Å². The second-order valence-electron chi connectivity index (χ2n) is 6.72. The summed E-state index contributed by atoms with van der Waals surface area (Å²) in [5, 5.41) is 3.55. The Morgan fingerprint density at radius 3 is 2.54 bits per heavy atom. The van der Waals surface area contributed by atoms with Crippen LogP contribution in [-0.4, -0.2) is 32.7 Å². The van der Waals surface area contributed by atoms with Crippen molar-refractivity contribution in [2.75, 3.05) is 19.4 Å². The SMILES string of the molecule is Cc1ccc(S(=O)(=O)N(C)C)cc1NC(=O)C1CC1c1ccccc1Cl. The molecule has 1 saturated carbocycles. The van der Waals surface area contributed by atoms with E-state index in [4.69, 9.17) is 11.6 Å². The predicted molar refractivity (Wildman–Crippen MR) is 103 cm³/mol. The van der Waals surface area contributed by atoms with Gasteiger partial charge in [-0.05, 0) is 48.6 Å². The number of nitrogens with one attached hydrogen (secondary N) is 1. The maximum Gasteiger partial charge on any atom is 0.242 e. The molecule has 0 aliphatic heterocycles. The van der Waals surface area contributed by atoms with Gasteiger partial charge >= 0.3 is 0 Å². The molecule has 3 rings (SSSR count). The molecule has 2 aromatic rings. The van der Waals surface area contributed by atoms with Crippen LogP contribution < -0.4 is 5.32 Å². The molecule has 0 heterocycles. The fraction of sp³-hybridized carbons (Fsp3) is 0.316. The van der Waals surface area contributed by atoms with Crippen LogP contribution in [0.5, 0.6) is 0 Å². The molecule has 1 fully saturated rings. The molecule has 0 spiro atoms. The highest BCUT2D eigenvalue weighted by Crippen LogP contribution is 2.50. The molecule has 2 unspecified atom stereocenters. The van der Waals surface area contributed by atoms with Crippen LogP contribution in [0.15, 0.2) is 47.4 Å². The normalized spacial score (nSPS) is 19.4. The Hall–Kier alpha value is -1.89. The molecule has 0 aromatic heterocycles. The van der Waals surface area contributed by atoms with E-state index in [1.165, 1.54) is 20.2 Å². The Bertz CT molecular complexity index is 957. The molecule has 138 valence electrons. The lowest BCUT2D eigenvalue weighted by Gasteiger charge is -2.14. The van der Waals surface area contributed by atoms with Gasteiger partial charge < -0.3 is 5.32 Å². The summed E-state index contributed by atoms with van der Waals surface area (Å²) in [7, 11) is -0.595. The molecule has 1 amide bonds. The zero-order chi connectivity index (χ0) is 19.1. The first-order valence-corrected chi connectivity index (χ1v) is 10.1. The average Bonchev–Trinajstić information content (AvgIpc) is 3.37. The molecule has 1 aliphatic carbocycles. The van der Waals surface area contributed by atoms with Gasteiger partial charge in [0.25, 0.3) is 0 Å². The highest BCUT2D eigenvalue weighted by Gasteiger charge is 2.44. The number of sulfonamides is 1. The lowest BCUT2D eigenvalue weighted by atomic mass is 10.1. The molecule has 0 radical (unpaired) electrons. The molecule has 0 bridgehead atoms. The number of rotatable bonds is 5. The van der Waals surface area contributed by atoms with E-state index < -0.39 is 10.0 Å². The van der Waals surface area contributed by atoms with Gasteiger partial charge in [0.15, 0.2) is 0 Å². The molecule has 7 heteroatoms. The first-order chi connectivity index (χ1) is 12.2. The van der Waals surface area contributed by atoms with Crippen molar-refractivity contribution in [3.8, 4) is 0 Å². The van der Waals surface area contributed by atoms with E-state index in [0.717, 1.165) is 21.9 Å². The van der Waals surface area contributed by atoms with Gasteiger partial charge in [-0.15, -0.1) is 0 Å². The Kier molecular flexibility index (Phi) is 5.10. The number of benzene rings is 2. The van der Waals surface area contributed by atoms with Crippen molar-refractivity contribution in [3.63, 3.8) is 0 Å². The summed E-state index contributed by atoms with van der Waals surface area (Å²) in [6.45, 7) is 1.83. The van der Waals surface area contributed by atoms with E-state index >= 15 is 0 Å². The summed E-state index contributed by atoms with van der Waals surface area (Å²) in [5.74, 6) is -0.154. The van der Waals surface area contributed by atoms with Crippen LogP contribution in [0.4, 0.5) is 5.69 Å². The zero-order valence-electron chi connectivity index (χ0n) is 14.9. The summed E-state index contributed by atoms with van der Waals surface area (Å²) in [6.07, 6.45) is 0.740. The number of aryl methyl sites for hydroxylation is 1. The van der Waals surface area contributed by atoms with Crippen molar-refractivity contribution in [3.05, 3.63) is 58.6 Å². The molecular weight excluding hydrogens is 372 g/mol. The van der Waals surface area contributed by atoms with E-state index in [9.17, 15) is 13.2 Å². The molecule has 1 N–H and O–H groups in total. The van der Waals surface area contributed by atoms with Crippen molar-refractivity contribution in [2.24, 2.45) is 5.92 Å². The highest BCUT2D eigenvalue weighted by molar-refractivity contribution is 7.89. The Morgan fingerprint density at radius 1 is 1.19 bits per heavy atom. The Morgan fingerprint density at radius 2 is 1.88 bits per heavy atom. The molecule has 5 nitrogen and oxygen atoms in total. The Labute approximate surface area is 159 Å².